The maximum atomic E-state index is 13.1. The summed E-state index contributed by atoms with van der Waals surface area (Å²) in [5.41, 5.74) is 2.29. The number of amides is 1. The largest absolute Gasteiger partial charge is 0.497 e. The quantitative estimate of drug-likeness (QED) is 0.603. The highest BCUT2D eigenvalue weighted by Crippen LogP contribution is 2.24. The van der Waals surface area contributed by atoms with E-state index in [1.54, 1.807) is 44.6 Å². The molecule has 1 amide bonds. The number of nitrogens with zero attached hydrogens (tertiary/aromatic N) is 2. The van der Waals surface area contributed by atoms with E-state index in [2.05, 4.69) is 11.8 Å². The van der Waals surface area contributed by atoms with Gasteiger partial charge in [-0.2, -0.15) is 0 Å². The van der Waals surface area contributed by atoms with Crippen molar-refractivity contribution in [1.82, 2.24) is 4.90 Å². The van der Waals surface area contributed by atoms with Gasteiger partial charge in [-0.15, -0.1) is 0 Å². The zero-order chi connectivity index (χ0) is 21.4. The zero-order valence-electron chi connectivity index (χ0n) is 17.6. The minimum Gasteiger partial charge on any atom is -0.497 e. The van der Waals surface area contributed by atoms with Crippen molar-refractivity contribution in [2.24, 2.45) is 0 Å². The van der Waals surface area contributed by atoms with Gasteiger partial charge >= 0.3 is 5.97 Å². The molecule has 0 saturated heterocycles. The van der Waals surface area contributed by atoms with Gasteiger partial charge in [0.25, 0.3) is 5.91 Å². The number of carbonyl (C=O) groups is 2. The summed E-state index contributed by atoms with van der Waals surface area (Å²) in [5, 5.41) is 0. The molecule has 0 atom stereocenters. The van der Waals surface area contributed by atoms with Crippen LogP contribution in [-0.4, -0.2) is 58.2 Å². The molecule has 0 unspecified atom stereocenters. The molecule has 0 N–H and O–H groups in total. The molecule has 0 fully saturated rings. The smallest absolute Gasteiger partial charge is 0.325 e. The van der Waals surface area contributed by atoms with Crippen LogP contribution in [0.1, 0.15) is 22.8 Å². The lowest BCUT2D eigenvalue weighted by molar-refractivity contribution is -0.141. The van der Waals surface area contributed by atoms with Crippen LogP contribution >= 0.6 is 0 Å². The second-order valence-electron chi connectivity index (χ2n) is 6.52. The number of anilines is 1. The predicted molar refractivity (Wildman–Crippen MR) is 112 cm³/mol. The third-order valence-corrected chi connectivity index (χ3v) is 4.65. The normalized spacial score (nSPS) is 10.2. The summed E-state index contributed by atoms with van der Waals surface area (Å²) < 4.78 is 15.4. The van der Waals surface area contributed by atoms with Crippen molar-refractivity contribution >= 4 is 17.6 Å². The molecule has 156 valence electrons. The first-order valence-corrected chi connectivity index (χ1v) is 9.31. The summed E-state index contributed by atoms with van der Waals surface area (Å²) in [4.78, 5) is 28.5. The minimum atomic E-state index is -0.490. The highest BCUT2D eigenvalue weighted by molar-refractivity contribution is 5.96. The number of hydrogen-bond donors (Lipinski definition) is 0. The molecule has 0 aliphatic carbocycles. The van der Waals surface area contributed by atoms with Crippen LogP contribution in [0, 0.1) is 0 Å². The molecule has 2 aromatic rings. The summed E-state index contributed by atoms with van der Waals surface area (Å²) in [7, 11) is 6.40. The predicted octanol–water partition coefficient (Wildman–Crippen LogP) is 2.98. The fraction of sp³-hybridized carbons (Fsp3) is 0.364. The van der Waals surface area contributed by atoms with E-state index in [0.29, 0.717) is 17.1 Å². The molecule has 0 heterocycles. The fourth-order valence-corrected chi connectivity index (χ4v) is 2.82. The maximum absolute atomic E-state index is 13.1. The van der Waals surface area contributed by atoms with Crippen LogP contribution in [0.5, 0.6) is 11.5 Å². The van der Waals surface area contributed by atoms with E-state index in [1.807, 2.05) is 19.2 Å². The van der Waals surface area contributed by atoms with E-state index in [0.717, 1.165) is 17.8 Å². The van der Waals surface area contributed by atoms with Crippen LogP contribution in [0.3, 0.4) is 0 Å². The van der Waals surface area contributed by atoms with Gasteiger partial charge in [0.15, 0.2) is 0 Å². The summed E-state index contributed by atoms with van der Waals surface area (Å²) in [6.07, 6.45) is 0. The lowest BCUT2D eigenvalue weighted by Gasteiger charge is -2.23. The molecule has 2 rings (SSSR count). The van der Waals surface area contributed by atoms with Crippen LogP contribution in [0.4, 0.5) is 5.69 Å². The van der Waals surface area contributed by atoms with Gasteiger partial charge in [0.05, 0.1) is 21.3 Å². The van der Waals surface area contributed by atoms with Gasteiger partial charge in [-0.3, -0.25) is 9.59 Å². The number of ether oxygens (including phenoxy) is 3. The third-order valence-electron chi connectivity index (χ3n) is 4.65. The van der Waals surface area contributed by atoms with Gasteiger partial charge < -0.3 is 24.0 Å². The number of benzene rings is 2. The van der Waals surface area contributed by atoms with Crippen molar-refractivity contribution in [2.75, 3.05) is 46.4 Å². The zero-order valence-corrected chi connectivity index (χ0v) is 17.6. The Labute approximate surface area is 171 Å². The van der Waals surface area contributed by atoms with Crippen LogP contribution in [0.15, 0.2) is 42.5 Å². The number of methoxy groups -OCH3 is 3. The number of rotatable bonds is 9. The Bertz CT molecular complexity index is 813. The molecule has 0 bridgehead atoms. The molecular formula is C22H28N2O5. The molecule has 2 aromatic carbocycles. The summed E-state index contributed by atoms with van der Waals surface area (Å²) in [5.74, 6) is 0.465. The Morgan fingerprint density at radius 2 is 1.52 bits per heavy atom. The summed E-state index contributed by atoms with van der Waals surface area (Å²) in [6.45, 7) is 2.96. The number of carbonyl (C=O) groups excluding carboxylic acids is 2. The Morgan fingerprint density at radius 3 is 2.00 bits per heavy atom. The number of esters is 1. The molecule has 0 aromatic heterocycles. The van der Waals surface area contributed by atoms with Crippen molar-refractivity contribution in [1.29, 1.82) is 0 Å². The molecular weight excluding hydrogens is 372 g/mol. The van der Waals surface area contributed by atoms with Crippen LogP contribution in [0.2, 0.25) is 0 Å². The molecule has 7 heteroatoms. The van der Waals surface area contributed by atoms with Gasteiger partial charge in [-0.1, -0.05) is 0 Å². The van der Waals surface area contributed by atoms with Gasteiger partial charge in [0.1, 0.15) is 18.0 Å². The van der Waals surface area contributed by atoms with Crippen LogP contribution in [-0.2, 0) is 16.1 Å². The Hall–Kier alpha value is -3.22. The van der Waals surface area contributed by atoms with Crippen LogP contribution in [0.25, 0.3) is 0 Å². The Balaban J connectivity index is 2.30. The van der Waals surface area contributed by atoms with Gasteiger partial charge in [0.2, 0.25) is 0 Å². The fourth-order valence-electron chi connectivity index (χ4n) is 2.82. The van der Waals surface area contributed by atoms with E-state index in [9.17, 15) is 9.59 Å². The van der Waals surface area contributed by atoms with E-state index >= 15 is 0 Å². The Kier molecular flexibility index (Phi) is 7.88. The molecule has 29 heavy (non-hydrogen) atoms. The maximum Gasteiger partial charge on any atom is 0.325 e. The molecule has 0 saturated carbocycles. The van der Waals surface area contributed by atoms with Crippen molar-refractivity contribution < 1.29 is 23.8 Å². The average Bonchev–Trinajstić information content (AvgIpc) is 2.77. The van der Waals surface area contributed by atoms with Crippen molar-refractivity contribution in [3.63, 3.8) is 0 Å². The number of hydrogen-bond acceptors (Lipinski definition) is 6. The highest BCUT2D eigenvalue weighted by atomic mass is 16.5. The minimum absolute atomic E-state index is 0.161. The second kappa shape index (κ2) is 10.4. The van der Waals surface area contributed by atoms with E-state index in [-0.39, 0.29) is 19.0 Å². The molecule has 0 spiro atoms. The van der Waals surface area contributed by atoms with Crippen molar-refractivity contribution in [2.45, 2.75) is 13.5 Å². The summed E-state index contributed by atoms with van der Waals surface area (Å²) >= 11 is 0. The summed E-state index contributed by atoms with van der Waals surface area (Å²) in [6, 6.07) is 12.7. The molecule has 0 aliphatic heterocycles. The van der Waals surface area contributed by atoms with Gasteiger partial charge in [0, 0.05) is 37.5 Å². The second-order valence-corrected chi connectivity index (χ2v) is 6.52. The van der Waals surface area contributed by atoms with Gasteiger partial charge in [-0.05, 0) is 48.9 Å². The van der Waals surface area contributed by atoms with Gasteiger partial charge in [-0.25, -0.2) is 0 Å². The Morgan fingerprint density at radius 1 is 0.931 bits per heavy atom. The average molecular weight is 400 g/mol. The third kappa shape index (κ3) is 5.88. The van der Waals surface area contributed by atoms with E-state index in [4.69, 9.17) is 14.2 Å². The topological polar surface area (TPSA) is 68.3 Å². The van der Waals surface area contributed by atoms with Crippen LogP contribution < -0.4 is 14.4 Å². The highest BCUT2D eigenvalue weighted by Gasteiger charge is 2.20. The van der Waals surface area contributed by atoms with Crippen molar-refractivity contribution in [3.05, 3.63) is 53.6 Å². The first kappa shape index (κ1) is 22.1. The standard InChI is InChI=1S/C22H28N2O5/c1-6-23(2)18-9-7-17(8-10-18)22(26)24(15-21(25)29-5)14-16-11-19(27-3)13-20(12-16)28-4/h7-13H,6,14-15H2,1-5H3. The first-order valence-electron chi connectivity index (χ1n) is 9.31. The van der Waals surface area contributed by atoms with Crippen molar-refractivity contribution in [3.8, 4) is 11.5 Å². The molecule has 7 nitrogen and oxygen atoms in total. The van der Waals surface area contributed by atoms with E-state index < -0.39 is 5.97 Å². The monoisotopic (exact) mass is 400 g/mol. The lowest BCUT2D eigenvalue weighted by atomic mass is 10.1. The SMILES string of the molecule is CCN(C)c1ccc(C(=O)N(CC(=O)OC)Cc2cc(OC)cc(OC)c2)cc1. The van der Waals surface area contributed by atoms with E-state index in [1.165, 1.54) is 12.0 Å². The first-order chi connectivity index (χ1) is 13.9. The molecule has 0 radical (unpaired) electrons. The lowest BCUT2D eigenvalue weighted by Crippen LogP contribution is -2.35. The molecule has 0 aliphatic rings.